The van der Waals surface area contributed by atoms with E-state index in [4.69, 9.17) is 0 Å². The minimum absolute atomic E-state index is 0.0292. The molecule has 120 valence electrons. The number of imidazole rings is 1. The maximum absolute atomic E-state index is 13.1. The van der Waals surface area contributed by atoms with Crippen molar-refractivity contribution in [1.29, 1.82) is 0 Å². The monoisotopic (exact) mass is 326 g/mol. The first kappa shape index (κ1) is 15.4. The number of fused-ring (bicyclic) bond motifs is 1. The second-order valence-electron chi connectivity index (χ2n) is 5.72. The summed E-state index contributed by atoms with van der Waals surface area (Å²) in [6.07, 6.45) is 1.51. The lowest BCUT2D eigenvalue weighted by molar-refractivity contribution is 0.518. The summed E-state index contributed by atoms with van der Waals surface area (Å²) < 4.78 is 39.2. The Morgan fingerprint density at radius 3 is 2.95 bits per heavy atom. The van der Waals surface area contributed by atoms with Gasteiger partial charge in [-0.3, -0.25) is 0 Å². The minimum Gasteiger partial charge on any atom is -0.341 e. The molecule has 1 aliphatic rings. The van der Waals surface area contributed by atoms with E-state index in [-0.39, 0.29) is 17.1 Å². The highest BCUT2D eigenvalue weighted by Crippen LogP contribution is 2.27. The van der Waals surface area contributed by atoms with Crippen molar-refractivity contribution < 1.29 is 12.8 Å². The highest BCUT2D eigenvalue weighted by Gasteiger charge is 2.35. The molecule has 1 fully saturated rings. The number of nitrogens with one attached hydrogen (secondary N) is 3. The molecule has 0 bridgehead atoms. The Morgan fingerprint density at radius 2 is 2.23 bits per heavy atom. The van der Waals surface area contributed by atoms with E-state index >= 15 is 0 Å². The summed E-state index contributed by atoms with van der Waals surface area (Å²) >= 11 is 0. The van der Waals surface area contributed by atoms with Crippen molar-refractivity contribution >= 4 is 21.1 Å². The fourth-order valence-electron chi connectivity index (χ4n) is 2.20. The summed E-state index contributed by atoms with van der Waals surface area (Å²) in [6, 6.07) is 4.37. The van der Waals surface area contributed by atoms with Gasteiger partial charge in [0.25, 0.3) is 0 Å². The van der Waals surface area contributed by atoms with Crippen LogP contribution in [-0.2, 0) is 16.6 Å². The van der Waals surface area contributed by atoms with Gasteiger partial charge in [-0.05, 0) is 38.0 Å². The maximum atomic E-state index is 13.1. The van der Waals surface area contributed by atoms with Gasteiger partial charge in [0.2, 0.25) is 10.0 Å². The standard InChI is InChI=1S/C14H19FN4O2S/c1-9(7-17-22(20,21)11-3-4-11)16-8-14-18-12-5-2-10(15)6-13(12)19-14/h2,5-6,9,11,16-17H,3-4,7-8H2,1H3,(H,18,19)/t9-/m0/s1. The van der Waals surface area contributed by atoms with Gasteiger partial charge in [-0.25, -0.2) is 22.5 Å². The average molecular weight is 326 g/mol. The predicted molar refractivity (Wildman–Crippen MR) is 82.3 cm³/mol. The first-order valence-corrected chi connectivity index (χ1v) is 8.85. The quantitative estimate of drug-likeness (QED) is 0.715. The van der Waals surface area contributed by atoms with Crippen LogP contribution in [0.2, 0.25) is 0 Å². The first-order chi connectivity index (χ1) is 10.4. The summed E-state index contributed by atoms with van der Waals surface area (Å²) in [6.45, 7) is 2.70. The molecule has 0 amide bonds. The SMILES string of the molecule is C[C@@H](CNS(=O)(=O)C1CC1)NCc1nc2ccc(F)cc2[nH]1. The summed E-state index contributed by atoms with van der Waals surface area (Å²) in [5, 5.41) is 2.99. The molecule has 1 atom stereocenters. The van der Waals surface area contributed by atoms with E-state index in [9.17, 15) is 12.8 Å². The maximum Gasteiger partial charge on any atom is 0.214 e. The summed E-state index contributed by atoms with van der Waals surface area (Å²) in [5.74, 6) is 0.385. The Hall–Kier alpha value is -1.51. The van der Waals surface area contributed by atoms with E-state index < -0.39 is 10.0 Å². The lowest BCUT2D eigenvalue weighted by Gasteiger charge is -2.13. The smallest absolute Gasteiger partial charge is 0.214 e. The number of benzene rings is 1. The molecule has 2 aromatic rings. The van der Waals surface area contributed by atoms with Crippen LogP contribution in [0.1, 0.15) is 25.6 Å². The first-order valence-electron chi connectivity index (χ1n) is 7.30. The Kier molecular flexibility index (Phi) is 4.16. The fourth-order valence-corrected chi connectivity index (χ4v) is 3.67. The van der Waals surface area contributed by atoms with Crippen LogP contribution in [0, 0.1) is 5.82 Å². The highest BCUT2D eigenvalue weighted by atomic mass is 32.2. The second kappa shape index (κ2) is 5.94. The van der Waals surface area contributed by atoms with Gasteiger partial charge in [0.15, 0.2) is 0 Å². The zero-order valence-corrected chi connectivity index (χ0v) is 13.1. The van der Waals surface area contributed by atoms with Gasteiger partial charge in [-0.1, -0.05) is 0 Å². The van der Waals surface area contributed by atoms with Gasteiger partial charge in [0, 0.05) is 12.6 Å². The molecule has 1 aliphatic carbocycles. The molecule has 0 aliphatic heterocycles. The molecular weight excluding hydrogens is 307 g/mol. The molecular formula is C14H19FN4O2S. The normalized spacial score (nSPS) is 17.0. The lowest BCUT2D eigenvalue weighted by atomic mass is 10.3. The van der Waals surface area contributed by atoms with E-state index in [1.54, 1.807) is 6.07 Å². The van der Waals surface area contributed by atoms with Gasteiger partial charge in [0.05, 0.1) is 22.8 Å². The molecule has 3 N–H and O–H groups in total. The third-order valence-corrected chi connectivity index (χ3v) is 5.58. The fraction of sp³-hybridized carbons (Fsp3) is 0.500. The van der Waals surface area contributed by atoms with Crippen molar-refractivity contribution in [2.24, 2.45) is 0 Å². The zero-order chi connectivity index (χ0) is 15.7. The highest BCUT2D eigenvalue weighted by molar-refractivity contribution is 7.90. The molecule has 0 radical (unpaired) electrons. The molecule has 1 aromatic heterocycles. The van der Waals surface area contributed by atoms with E-state index in [1.165, 1.54) is 12.1 Å². The van der Waals surface area contributed by atoms with Crippen molar-refractivity contribution in [2.45, 2.75) is 37.6 Å². The van der Waals surface area contributed by atoms with Gasteiger partial charge in [0.1, 0.15) is 11.6 Å². The summed E-state index contributed by atoms with van der Waals surface area (Å²) in [4.78, 5) is 7.39. The van der Waals surface area contributed by atoms with E-state index in [0.717, 1.165) is 12.8 Å². The zero-order valence-electron chi connectivity index (χ0n) is 12.3. The van der Waals surface area contributed by atoms with Crippen molar-refractivity contribution in [3.63, 3.8) is 0 Å². The molecule has 6 nitrogen and oxygen atoms in total. The van der Waals surface area contributed by atoms with Crippen LogP contribution in [0.15, 0.2) is 18.2 Å². The summed E-state index contributed by atoms with van der Waals surface area (Å²) in [7, 11) is -3.15. The number of aromatic nitrogens is 2. The number of H-pyrrole nitrogens is 1. The Bertz CT molecular complexity index is 770. The summed E-state index contributed by atoms with van der Waals surface area (Å²) in [5.41, 5.74) is 1.36. The molecule has 3 rings (SSSR count). The Balaban J connectivity index is 1.52. The molecule has 1 aromatic carbocycles. The van der Waals surface area contributed by atoms with E-state index in [2.05, 4.69) is 20.0 Å². The third-order valence-electron chi connectivity index (χ3n) is 3.66. The Labute approximate surface area is 128 Å². The number of halogens is 1. The third kappa shape index (κ3) is 3.63. The van der Waals surface area contributed by atoms with Crippen molar-refractivity contribution in [2.75, 3.05) is 6.54 Å². The molecule has 22 heavy (non-hydrogen) atoms. The molecule has 0 unspecified atom stereocenters. The van der Waals surface area contributed by atoms with E-state index in [1.807, 2.05) is 6.92 Å². The number of nitrogens with zero attached hydrogens (tertiary/aromatic N) is 1. The number of sulfonamides is 1. The van der Waals surface area contributed by atoms with Gasteiger partial charge in [-0.2, -0.15) is 0 Å². The van der Waals surface area contributed by atoms with Gasteiger partial charge < -0.3 is 10.3 Å². The molecule has 0 saturated heterocycles. The molecule has 0 spiro atoms. The topological polar surface area (TPSA) is 86.9 Å². The molecule has 1 saturated carbocycles. The number of rotatable bonds is 7. The van der Waals surface area contributed by atoms with Crippen molar-refractivity contribution in [3.8, 4) is 0 Å². The second-order valence-corrected chi connectivity index (χ2v) is 7.77. The van der Waals surface area contributed by atoms with Crippen LogP contribution in [0.5, 0.6) is 0 Å². The molecule has 1 heterocycles. The lowest BCUT2D eigenvalue weighted by Crippen LogP contribution is -2.39. The molecule has 8 heteroatoms. The van der Waals surface area contributed by atoms with Crippen molar-refractivity contribution in [3.05, 3.63) is 29.8 Å². The van der Waals surface area contributed by atoms with Crippen LogP contribution in [-0.4, -0.2) is 36.2 Å². The van der Waals surface area contributed by atoms with Crippen LogP contribution < -0.4 is 10.0 Å². The number of hydrogen-bond acceptors (Lipinski definition) is 4. The van der Waals surface area contributed by atoms with E-state index in [0.29, 0.717) is 29.9 Å². The van der Waals surface area contributed by atoms with Crippen LogP contribution >= 0.6 is 0 Å². The number of aromatic amines is 1. The van der Waals surface area contributed by atoms with Crippen molar-refractivity contribution in [1.82, 2.24) is 20.0 Å². The van der Waals surface area contributed by atoms with Crippen LogP contribution in [0.4, 0.5) is 4.39 Å². The van der Waals surface area contributed by atoms with Crippen LogP contribution in [0.25, 0.3) is 11.0 Å². The minimum atomic E-state index is -3.15. The predicted octanol–water partition coefficient (Wildman–Crippen LogP) is 1.26. The Morgan fingerprint density at radius 1 is 1.45 bits per heavy atom. The average Bonchev–Trinajstić information content (AvgIpc) is 3.25. The largest absolute Gasteiger partial charge is 0.341 e. The van der Waals surface area contributed by atoms with Crippen LogP contribution in [0.3, 0.4) is 0 Å². The van der Waals surface area contributed by atoms with Gasteiger partial charge in [-0.15, -0.1) is 0 Å². The van der Waals surface area contributed by atoms with Gasteiger partial charge >= 0.3 is 0 Å². The number of hydrogen-bond donors (Lipinski definition) is 3.